The van der Waals surface area contributed by atoms with Crippen molar-refractivity contribution in [2.45, 2.75) is 17.9 Å². The van der Waals surface area contributed by atoms with Crippen molar-refractivity contribution >= 4 is 23.4 Å². The van der Waals surface area contributed by atoms with Gasteiger partial charge in [0.2, 0.25) is 0 Å². The summed E-state index contributed by atoms with van der Waals surface area (Å²) in [7, 11) is 0. The molecule has 0 heterocycles. The van der Waals surface area contributed by atoms with Crippen LogP contribution in [0.5, 0.6) is 11.5 Å². The van der Waals surface area contributed by atoms with Gasteiger partial charge in [-0.2, -0.15) is 0 Å². The number of benzene rings is 2. The molecule has 1 unspecified atom stereocenters. The topological polar surface area (TPSA) is 49.7 Å². The van der Waals surface area contributed by atoms with E-state index in [0.717, 1.165) is 4.90 Å². The van der Waals surface area contributed by atoms with Crippen molar-refractivity contribution in [2.75, 3.05) is 12.4 Å². The standard InChI is InChI=1S/C16H17ClO3S/c1-2-20-16-8-11(6-7-14(16)18)15(19)10-21-13-5-3-4-12(17)9-13/h3-9,15,18-19H,2,10H2,1H3. The van der Waals surface area contributed by atoms with Crippen molar-refractivity contribution < 1.29 is 14.9 Å². The van der Waals surface area contributed by atoms with E-state index < -0.39 is 6.10 Å². The monoisotopic (exact) mass is 324 g/mol. The molecule has 0 radical (unpaired) electrons. The molecule has 2 N–H and O–H groups in total. The van der Waals surface area contributed by atoms with E-state index in [1.807, 2.05) is 31.2 Å². The second kappa shape index (κ2) is 7.59. The molecule has 0 bridgehead atoms. The van der Waals surface area contributed by atoms with Gasteiger partial charge >= 0.3 is 0 Å². The fourth-order valence-electron chi connectivity index (χ4n) is 1.84. The second-order valence-electron chi connectivity index (χ2n) is 4.44. The molecule has 0 amide bonds. The minimum atomic E-state index is -0.645. The lowest BCUT2D eigenvalue weighted by Gasteiger charge is -2.13. The normalized spacial score (nSPS) is 12.1. The van der Waals surface area contributed by atoms with Gasteiger partial charge in [-0.3, -0.25) is 0 Å². The van der Waals surface area contributed by atoms with Gasteiger partial charge in [0, 0.05) is 15.7 Å². The van der Waals surface area contributed by atoms with Gasteiger partial charge in [0.15, 0.2) is 11.5 Å². The summed E-state index contributed by atoms with van der Waals surface area (Å²) in [6.07, 6.45) is -0.645. The van der Waals surface area contributed by atoms with Crippen molar-refractivity contribution in [3.05, 3.63) is 53.1 Å². The van der Waals surface area contributed by atoms with Crippen LogP contribution in [0.4, 0.5) is 0 Å². The molecule has 0 saturated heterocycles. The lowest BCUT2D eigenvalue weighted by atomic mass is 10.1. The predicted molar refractivity (Wildman–Crippen MR) is 86.4 cm³/mol. The Bertz CT molecular complexity index is 604. The van der Waals surface area contributed by atoms with Gasteiger partial charge in [-0.15, -0.1) is 11.8 Å². The van der Waals surface area contributed by atoms with Crippen LogP contribution in [0.3, 0.4) is 0 Å². The highest BCUT2D eigenvalue weighted by Gasteiger charge is 2.12. The maximum atomic E-state index is 10.2. The van der Waals surface area contributed by atoms with Gasteiger partial charge < -0.3 is 14.9 Å². The second-order valence-corrected chi connectivity index (χ2v) is 5.97. The summed E-state index contributed by atoms with van der Waals surface area (Å²) >= 11 is 7.45. The molecule has 0 saturated carbocycles. The summed E-state index contributed by atoms with van der Waals surface area (Å²) in [6.45, 7) is 2.31. The third-order valence-corrected chi connectivity index (χ3v) is 4.18. The van der Waals surface area contributed by atoms with Crippen LogP contribution >= 0.6 is 23.4 Å². The summed E-state index contributed by atoms with van der Waals surface area (Å²) in [6, 6.07) is 12.4. The first-order chi connectivity index (χ1) is 10.1. The van der Waals surface area contributed by atoms with Crippen LogP contribution in [0, 0.1) is 0 Å². The fraction of sp³-hybridized carbons (Fsp3) is 0.250. The smallest absolute Gasteiger partial charge is 0.161 e. The van der Waals surface area contributed by atoms with Gasteiger partial charge in [-0.25, -0.2) is 0 Å². The third-order valence-electron chi connectivity index (χ3n) is 2.87. The van der Waals surface area contributed by atoms with E-state index in [4.69, 9.17) is 16.3 Å². The van der Waals surface area contributed by atoms with E-state index in [-0.39, 0.29) is 5.75 Å². The van der Waals surface area contributed by atoms with Crippen LogP contribution in [-0.4, -0.2) is 22.6 Å². The quantitative estimate of drug-likeness (QED) is 0.779. The minimum absolute atomic E-state index is 0.0790. The number of thioether (sulfide) groups is 1. The molecule has 2 aromatic carbocycles. The van der Waals surface area contributed by atoms with Crippen LogP contribution in [0.1, 0.15) is 18.6 Å². The van der Waals surface area contributed by atoms with Crippen molar-refractivity contribution in [1.82, 2.24) is 0 Å². The number of phenols is 1. The van der Waals surface area contributed by atoms with Crippen LogP contribution < -0.4 is 4.74 Å². The minimum Gasteiger partial charge on any atom is -0.504 e. The summed E-state index contributed by atoms with van der Waals surface area (Å²) in [5.41, 5.74) is 0.714. The Morgan fingerprint density at radius 2 is 2.05 bits per heavy atom. The van der Waals surface area contributed by atoms with Crippen molar-refractivity contribution in [2.24, 2.45) is 0 Å². The molecule has 112 valence electrons. The van der Waals surface area contributed by atoms with Gasteiger partial charge in [-0.1, -0.05) is 23.7 Å². The van der Waals surface area contributed by atoms with Gasteiger partial charge in [-0.05, 0) is 42.8 Å². The molecule has 1 atom stereocenters. The Morgan fingerprint density at radius 3 is 2.76 bits per heavy atom. The molecule has 0 fully saturated rings. The zero-order valence-electron chi connectivity index (χ0n) is 11.6. The number of aliphatic hydroxyl groups excluding tert-OH is 1. The molecular formula is C16H17ClO3S. The van der Waals surface area contributed by atoms with Crippen LogP contribution in [0.2, 0.25) is 5.02 Å². The molecule has 5 heteroatoms. The molecule has 0 aliphatic carbocycles. The van der Waals surface area contributed by atoms with Gasteiger partial charge in [0.25, 0.3) is 0 Å². The zero-order valence-corrected chi connectivity index (χ0v) is 13.2. The van der Waals surface area contributed by atoms with Crippen molar-refractivity contribution in [3.63, 3.8) is 0 Å². The lowest BCUT2D eigenvalue weighted by molar-refractivity contribution is 0.203. The molecule has 2 rings (SSSR count). The number of halogens is 1. The molecule has 21 heavy (non-hydrogen) atoms. The predicted octanol–water partition coefficient (Wildman–Crippen LogP) is 4.27. The lowest BCUT2D eigenvalue weighted by Crippen LogP contribution is -2.01. The Morgan fingerprint density at radius 1 is 1.24 bits per heavy atom. The van der Waals surface area contributed by atoms with E-state index >= 15 is 0 Å². The number of ether oxygens (including phenoxy) is 1. The average molecular weight is 325 g/mol. The Balaban J connectivity index is 2.03. The van der Waals surface area contributed by atoms with E-state index in [1.165, 1.54) is 17.8 Å². The highest BCUT2D eigenvalue weighted by atomic mass is 35.5. The van der Waals surface area contributed by atoms with E-state index in [0.29, 0.717) is 28.7 Å². The number of aromatic hydroxyl groups is 1. The molecule has 0 aliphatic rings. The Hall–Kier alpha value is -1.36. The first-order valence-electron chi connectivity index (χ1n) is 6.62. The maximum Gasteiger partial charge on any atom is 0.161 e. The number of aliphatic hydroxyl groups is 1. The van der Waals surface area contributed by atoms with Crippen LogP contribution in [0.25, 0.3) is 0 Å². The maximum absolute atomic E-state index is 10.2. The van der Waals surface area contributed by atoms with Crippen LogP contribution in [-0.2, 0) is 0 Å². The van der Waals surface area contributed by atoms with E-state index in [2.05, 4.69) is 0 Å². The Labute approximate surface area is 133 Å². The SMILES string of the molecule is CCOc1cc(C(O)CSc2cccc(Cl)c2)ccc1O. The number of phenolic OH excluding ortho intramolecular Hbond substituents is 1. The first-order valence-corrected chi connectivity index (χ1v) is 7.98. The van der Waals surface area contributed by atoms with Crippen molar-refractivity contribution in [1.29, 1.82) is 0 Å². The molecule has 2 aromatic rings. The zero-order chi connectivity index (χ0) is 15.2. The van der Waals surface area contributed by atoms with Crippen LogP contribution in [0.15, 0.2) is 47.4 Å². The number of rotatable bonds is 6. The van der Waals surface area contributed by atoms with Gasteiger partial charge in [0.05, 0.1) is 12.7 Å². The molecule has 0 aromatic heterocycles. The largest absolute Gasteiger partial charge is 0.504 e. The van der Waals surface area contributed by atoms with Crippen molar-refractivity contribution in [3.8, 4) is 11.5 Å². The summed E-state index contributed by atoms with van der Waals surface area (Å²) in [5, 5.41) is 20.6. The molecule has 3 nitrogen and oxygen atoms in total. The molecular weight excluding hydrogens is 308 g/mol. The third kappa shape index (κ3) is 4.56. The molecule has 0 spiro atoms. The average Bonchev–Trinajstić information content (AvgIpc) is 2.47. The number of hydrogen-bond donors (Lipinski definition) is 2. The summed E-state index contributed by atoms with van der Waals surface area (Å²) in [4.78, 5) is 1.00. The van der Waals surface area contributed by atoms with E-state index in [9.17, 15) is 10.2 Å². The highest BCUT2D eigenvalue weighted by molar-refractivity contribution is 7.99. The van der Waals surface area contributed by atoms with E-state index in [1.54, 1.807) is 12.1 Å². The highest BCUT2D eigenvalue weighted by Crippen LogP contribution is 2.32. The number of hydrogen-bond acceptors (Lipinski definition) is 4. The summed E-state index contributed by atoms with van der Waals surface area (Å²) in [5.74, 6) is 0.966. The fourth-order valence-corrected chi connectivity index (χ4v) is 3.02. The molecule has 0 aliphatic heterocycles. The van der Waals surface area contributed by atoms with Gasteiger partial charge in [0.1, 0.15) is 0 Å². The summed E-state index contributed by atoms with van der Waals surface area (Å²) < 4.78 is 5.32. The first kappa shape index (κ1) is 16.0. The Kier molecular flexibility index (Phi) is 5.79.